The van der Waals surface area contributed by atoms with Crippen LogP contribution in [0.1, 0.15) is 31.6 Å². The summed E-state index contributed by atoms with van der Waals surface area (Å²) in [7, 11) is 0. The van der Waals surface area contributed by atoms with E-state index in [4.69, 9.17) is 4.42 Å². The van der Waals surface area contributed by atoms with E-state index in [1.165, 1.54) is 17.5 Å². The van der Waals surface area contributed by atoms with Gasteiger partial charge in [0.2, 0.25) is 0 Å². The Hall–Kier alpha value is -1.56. The summed E-state index contributed by atoms with van der Waals surface area (Å²) >= 11 is 3.37. The lowest BCUT2D eigenvalue weighted by Crippen LogP contribution is -2.25. The highest BCUT2D eigenvalue weighted by molar-refractivity contribution is 9.10. The fourth-order valence-electron chi connectivity index (χ4n) is 2.08. The van der Waals surface area contributed by atoms with E-state index >= 15 is 0 Å². The van der Waals surface area contributed by atoms with Crippen LogP contribution in [-0.2, 0) is 6.54 Å². The summed E-state index contributed by atoms with van der Waals surface area (Å²) in [6, 6.07) is 3.71. The predicted octanol–water partition coefficient (Wildman–Crippen LogP) is 3.18. The predicted molar refractivity (Wildman–Crippen MR) is 79.7 cm³/mol. The van der Waals surface area contributed by atoms with E-state index in [0.717, 1.165) is 5.76 Å². The molecule has 1 saturated carbocycles. The van der Waals surface area contributed by atoms with Gasteiger partial charge in [0.25, 0.3) is 5.56 Å². The van der Waals surface area contributed by atoms with Crippen LogP contribution in [0.2, 0.25) is 0 Å². The maximum absolute atomic E-state index is 12.2. The minimum Gasteiger partial charge on any atom is -0.467 e. The van der Waals surface area contributed by atoms with Gasteiger partial charge in [-0.15, -0.1) is 0 Å². The van der Waals surface area contributed by atoms with Gasteiger partial charge in [-0.3, -0.25) is 4.79 Å². The molecular formula is C14H16BrN3O2. The number of halogens is 1. The Kier molecular flexibility index (Phi) is 3.65. The van der Waals surface area contributed by atoms with E-state index in [1.54, 1.807) is 12.5 Å². The van der Waals surface area contributed by atoms with Crippen molar-refractivity contribution in [2.45, 2.75) is 32.4 Å². The maximum atomic E-state index is 12.2. The molecule has 3 rings (SSSR count). The number of hydrogen-bond acceptors (Lipinski definition) is 4. The Morgan fingerprint density at radius 3 is 3.05 bits per heavy atom. The number of aromatic nitrogens is 2. The minimum absolute atomic E-state index is 0.0261. The smallest absolute Gasteiger partial charge is 0.283 e. The molecule has 20 heavy (non-hydrogen) atoms. The maximum Gasteiger partial charge on any atom is 0.283 e. The van der Waals surface area contributed by atoms with E-state index in [0.29, 0.717) is 22.6 Å². The Morgan fingerprint density at radius 2 is 2.40 bits per heavy atom. The lowest BCUT2D eigenvalue weighted by Gasteiger charge is -2.14. The molecule has 5 nitrogen and oxygen atoms in total. The van der Waals surface area contributed by atoms with Crippen LogP contribution in [0.3, 0.4) is 0 Å². The van der Waals surface area contributed by atoms with Crippen LogP contribution in [0, 0.1) is 5.92 Å². The third-order valence-corrected chi connectivity index (χ3v) is 4.22. The van der Waals surface area contributed by atoms with Crippen LogP contribution in [0.25, 0.3) is 0 Å². The number of furan rings is 1. The average Bonchev–Trinajstić information content (AvgIpc) is 3.07. The van der Waals surface area contributed by atoms with Gasteiger partial charge in [0.15, 0.2) is 0 Å². The topological polar surface area (TPSA) is 60.1 Å². The summed E-state index contributed by atoms with van der Waals surface area (Å²) in [4.78, 5) is 12.2. The van der Waals surface area contributed by atoms with Crippen molar-refractivity contribution >= 4 is 21.6 Å². The van der Waals surface area contributed by atoms with Crippen molar-refractivity contribution in [3.8, 4) is 0 Å². The molecule has 1 fully saturated rings. The highest BCUT2D eigenvalue weighted by Crippen LogP contribution is 2.30. The van der Waals surface area contributed by atoms with Gasteiger partial charge in [0.1, 0.15) is 10.2 Å². The highest BCUT2D eigenvalue weighted by atomic mass is 79.9. The summed E-state index contributed by atoms with van der Waals surface area (Å²) in [5.41, 5.74) is 0.597. The number of hydrogen-bond donors (Lipinski definition) is 1. The first kappa shape index (κ1) is 13.4. The Morgan fingerprint density at radius 1 is 1.60 bits per heavy atom. The fourth-order valence-corrected chi connectivity index (χ4v) is 2.50. The number of rotatable bonds is 5. The largest absolute Gasteiger partial charge is 0.467 e. The van der Waals surface area contributed by atoms with E-state index in [2.05, 4.69) is 26.3 Å². The van der Waals surface area contributed by atoms with E-state index in [-0.39, 0.29) is 11.6 Å². The van der Waals surface area contributed by atoms with Crippen LogP contribution >= 0.6 is 15.9 Å². The molecule has 0 amide bonds. The molecule has 1 N–H and O–H groups in total. The van der Waals surface area contributed by atoms with E-state index in [9.17, 15) is 4.79 Å². The Labute approximate surface area is 125 Å². The first-order chi connectivity index (χ1) is 9.65. The number of nitrogens with one attached hydrogen (secondary N) is 1. The molecule has 1 atom stereocenters. The normalized spacial score (nSPS) is 16.1. The Balaban J connectivity index is 1.79. The molecular weight excluding hydrogens is 322 g/mol. The van der Waals surface area contributed by atoms with Crippen molar-refractivity contribution in [1.29, 1.82) is 0 Å². The standard InChI is InChI=1S/C14H16BrN3O2/c1-9(12-3-2-6-20-12)17-11-7-16-18(8-10-4-5-10)14(19)13(11)15/h2-3,6-7,9-10,17H,4-5,8H2,1H3. The molecule has 1 unspecified atom stereocenters. The van der Waals surface area contributed by atoms with Crippen molar-refractivity contribution in [2.24, 2.45) is 5.92 Å². The summed E-state index contributed by atoms with van der Waals surface area (Å²) in [5, 5.41) is 7.47. The van der Waals surface area contributed by atoms with E-state index in [1.807, 2.05) is 19.1 Å². The first-order valence-electron chi connectivity index (χ1n) is 6.70. The molecule has 0 bridgehead atoms. The van der Waals surface area contributed by atoms with E-state index < -0.39 is 0 Å². The van der Waals surface area contributed by atoms with Gasteiger partial charge in [-0.05, 0) is 53.7 Å². The molecule has 6 heteroatoms. The zero-order chi connectivity index (χ0) is 14.1. The van der Waals surface area contributed by atoms with Gasteiger partial charge >= 0.3 is 0 Å². The van der Waals surface area contributed by atoms with Gasteiger partial charge in [-0.25, -0.2) is 4.68 Å². The molecule has 0 saturated heterocycles. The van der Waals surface area contributed by atoms with Crippen molar-refractivity contribution in [3.63, 3.8) is 0 Å². The molecule has 0 aliphatic heterocycles. The SMILES string of the molecule is CC(Nc1cnn(CC2CC2)c(=O)c1Br)c1ccco1. The van der Waals surface area contributed by atoms with Crippen LogP contribution in [-0.4, -0.2) is 9.78 Å². The van der Waals surface area contributed by atoms with Gasteiger partial charge < -0.3 is 9.73 Å². The summed E-state index contributed by atoms with van der Waals surface area (Å²) in [6.07, 6.45) is 5.71. The average molecular weight is 338 g/mol. The summed E-state index contributed by atoms with van der Waals surface area (Å²) < 4.78 is 7.39. The number of anilines is 1. The van der Waals surface area contributed by atoms with Crippen molar-refractivity contribution in [2.75, 3.05) is 5.32 Å². The molecule has 1 aliphatic carbocycles. The Bertz CT molecular complexity index is 647. The van der Waals surface area contributed by atoms with Gasteiger partial charge in [-0.1, -0.05) is 0 Å². The third-order valence-electron chi connectivity index (χ3n) is 3.45. The molecule has 2 aromatic heterocycles. The van der Waals surface area contributed by atoms with Crippen molar-refractivity contribution in [3.05, 3.63) is 45.2 Å². The van der Waals surface area contributed by atoms with Gasteiger partial charge in [0, 0.05) is 6.54 Å². The second kappa shape index (κ2) is 5.44. The molecule has 1 aliphatic rings. The summed E-state index contributed by atoms with van der Waals surface area (Å²) in [5.74, 6) is 1.44. The monoisotopic (exact) mass is 337 g/mol. The molecule has 106 valence electrons. The zero-order valence-corrected chi connectivity index (χ0v) is 12.8. The van der Waals surface area contributed by atoms with Crippen molar-refractivity contribution < 1.29 is 4.42 Å². The highest BCUT2D eigenvalue weighted by Gasteiger charge is 2.23. The summed E-state index contributed by atoms with van der Waals surface area (Å²) in [6.45, 7) is 2.69. The van der Waals surface area contributed by atoms with Crippen LogP contribution in [0.4, 0.5) is 5.69 Å². The third kappa shape index (κ3) is 2.80. The number of nitrogens with zero attached hydrogens (tertiary/aromatic N) is 2. The molecule has 2 aromatic rings. The molecule has 0 radical (unpaired) electrons. The zero-order valence-electron chi connectivity index (χ0n) is 11.2. The molecule has 2 heterocycles. The fraction of sp³-hybridized carbons (Fsp3) is 0.429. The van der Waals surface area contributed by atoms with Crippen molar-refractivity contribution in [1.82, 2.24) is 9.78 Å². The van der Waals surface area contributed by atoms with Gasteiger partial charge in [0.05, 0.1) is 24.2 Å². The second-order valence-electron chi connectivity index (χ2n) is 5.18. The lowest BCUT2D eigenvalue weighted by molar-refractivity contribution is 0.489. The van der Waals surface area contributed by atoms with Crippen LogP contribution in [0.5, 0.6) is 0 Å². The first-order valence-corrected chi connectivity index (χ1v) is 7.50. The van der Waals surface area contributed by atoms with Gasteiger partial charge in [-0.2, -0.15) is 5.10 Å². The molecule has 0 spiro atoms. The lowest BCUT2D eigenvalue weighted by atomic mass is 10.2. The van der Waals surface area contributed by atoms with Crippen LogP contribution < -0.4 is 10.9 Å². The quantitative estimate of drug-likeness (QED) is 0.910. The minimum atomic E-state index is -0.0893. The van der Waals surface area contributed by atoms with Crippen LogP contribution in [0.15, 0.2) is 38.3 Å². The second-order valence-corrected chi connectivity index (χ2v) is 5.98. The molecule has 0 aromatic carbocycles.